The number of carbonyl (C=O) groups excluding carboxylic acids is 3. The van der Waals surface area contributed by atoms with Crippen LogP contribution >= 0.6 is 0 Å². The first-order valence-corrected chi connectivity index (χ1v) is 9.23. The van der Waals surface area contributed by atoms with Gasteiger partial charge < -0.3 is 4.52 Å². The molecule has 4 unspecified atom stereocenters. The summed E-state index contributed by atoms with van der Waals surface area (Å²) in [5.41, 5.74) is -2.14. The minimum absolute atomic E-state index is 0.0542. The second-order valence-electron chi connectivity index (χ2n) is 7.68. The van der Waals surface area contributed by atoms with Crippen molar-refractivity contribution in [3.8, 4) is 6.07 Å². The molecule has 12 heteroatoms. The van der Waals surface area contributed by atoms with Gasteiger partial charge in [0.25, 0.3) is 11.7 Å². The van der Waals surface area contributed by atoms with Crippen molar-refractivity contribution in [2.45, 2.75) is 18.3 Å². The zero-order valence-corrected chi connectivity index (χ0v) is 15.7. The van der Waals surface area contributed by atoms with Gasteiger partial charge in [-0.15, -0.1) is 0 Å². The van der Waals surface area contributed by atoms with Crippen LogP contribution in [0.15, 0.2) is 35.0 Å². The molecule has 4 atom stereocenters. The summed E-state index contributed by atoms with van der Waals surface area (Å²) in [7, 11) is 0. The summed E-state index contributed by atoms with van der Waals surface area (Å²) in [6.07, 6.45) is -3.56. The van der Waals surface area contributed by atoms with Crippen molar-refractivity contribution in [1.82, 2.24) is 10.1 Å². The molecule has 1 aromatic carbocycles. The molecule has 1 spiro atoms. The number of piperazine rings is 1. The molecule has 31 heavy (non-hydrogen) atoms. The number of hydrogen-bond donors (Lipinski definition) is 0. The third kappa shape index (κ3) is 2.50. The smallest absolute Gasteiger partial charge is 0.353 e. The van der Waals surface area contributed by atoms with E-state index in [1.54, 1.807) is 4.90 Å². The van der Waals surface area contributed by atoms with Gasteiger partial charge in [0.2, 0.25) is 5.76 Å². The van der Waals surface area contributed by atoms with Crippen molar-refractivity contribution < 1.29 is 36.6 Å². The average Bonchev–Trinajstić information content (AvgIpc) is 3.50. The highest BCUT2D eigenvalue weighted by atomic mass is 19.4. The molecule has 0 aliphatic carbocycles. The van der Waals surface area contributed by atoms with Gasteiger partial charge in [0, 0.05) is 6.07 Å². The fraction of sp³-hybridized carbons (Fsp3) is 0.316. The third-order valence-electron chi connectivity index (χ3n) is 6.13. The number of anilines is 1. The molecule has 0 radical (unpaired) electrons. The van der Waals surface area contributed by atoms with Crippen LogP contribution in [0.25, 0.3) is 0 Å². The number of rotatable bonds is 3. The highest BCUT2D eigenvalue weighted by Gasteiger charge is 2.73. The van der Waals surface area contributed by atoms with E-state index >= 15 is 0 Å². The molecule has 9 nitrogen and oxygen atoms in total. The van der Waals surface area contributed by atoms with Crippen molar-refractivity contribution in [1.29, 1.82) is 5.26 Å². The van der Waals surface area contributed by atoms with Gasteiger partial charge in [-0.1, -0.05) is 5.16 Å². The highest BCUT2D eigenvalue weighted by Crippen LogP contribution is 2.45. The van der Waals surface area contributed by atoms with Crippen molar-refractivity contribution in [2.75, 3.05) is 24.7 Å². The normalized spacial score (nSPS) is 29.4. The molecule has 5 rings (SSSR count). The van der Waals surface area contributed by atoms with Crippen LogP contribution in [-0.4, -0.2) is 64.1 Å². The summed E-state index contributed by atoms with van der Waals surface area (Å²) in [4.78, 5) is 42.1. The Morgan fingerprint density at radius 2 is 2.03 bits per heavy atom. The fourth-order valence-corrected chi connectivity index (χ4v) is 4.79. The average molecular weight is 432 g/mol. The quantitative estimate of drug-likeness (QED) is 0.413. The van der Waals surface area contributed by atoms with E-state index in [2.05, 4.69) is 5.16 Å². The lowest BCUT2D eigenvalue weighted by atomic mass is 10.0. The van der Waals surface area contributed by atoms with Crippen LogP contribution in [0.4, 0.5) is 23.7 Å². The third-order valence-corrected chi connectivity index (χ3v) is 6.13. The summed E-state index contributed by atoms with van der Waals surface area (Å²) in [6, 6.07) is 2.88. The Hall–Kier alpha value is -3.56. The van der Waals surface area contributed by atoms with E-state index in [-0.39, 0.29) is 31.2 Å². The van der Waals surface area contributed by atoms with Crippen LogP contribution in [0.3, 0.4) is 0 Å². The van der Waals surface area contributed by atoms with Gasteiger partial charge >= 0.3 is 12.2 Å². The van der Waals surface area contributed by atoms with E-state index in [0.29, 0.717) is 11.0 Å². The van der Waals surface area contributed by atoms with Gasteiger partial charge in [-0.3, -0.25) is 9.59 Å². The number of halogens is 3. The molecule has 3 saturated heterocycles. The first-order valence-electron chi connectivity index (χ1n) is 9.23. The Morgan fingerprint density at radius 3 is 2.68 bits per heavy atom. The molecule has 3 aliphatic rings. The van der Waals surface area contributed by atoms with Crippen molar-refractivity contribution in [3.05, 3.63) is 47.3 Å². The second kappa shape index (κ2) is 6.22. The molecule has 1 aromatic heterocycles. The zero-order chi connectivity index (χ0) is 22.1. The summed E-state index contributed by atoms with van der Waals surface area (Å²) in [6.45, 7) is 0.520. The number of ketones is 1. The largest absolute Gasteiger partial charge is 0.433 e. The summed E-state index contributed by atoms with van der Waals surface area (Å²) in [5, 5.41) is 12.5. The topological polar surface area (TPSA) is 108 Å². The maximum Gasteiger partial charge on any atom is 0.433 e. The van der Waals surface area contributed by atoms with Crippen LogP contribution < -0.4 is 4.90 Å². The minimum atomic E-state index is -4.84. The standard InChI is InChI=1S/C19H13F3N5O4/c20-19(21,22)12-5-11(2-1-10(12)6-23)26-17(29)14-8-25-7-13(27(14,9-25)18(26)30)16(28)15-3-4-24-31-15/h1-5,13-14H,7-9H2/q+1. The lowest BCUT2D eigenvalue weighted by Gasteiger charge is -2.32. The van der Waals surface area contributed by atoms with Crippen LogP contribution in [0.2, 0.25) is 0 Å². The molecule has 0 saturated carbocycles. The number of imide groups is 1. The van der Waals surface area contributed by atoms with E-state index in [1.807, 2.05) is 0 Å². The van der Waals surface area contributed by atoms with Crippen molar-refractivity contribution in [2.24, 2.45) is 0 Å². The number of aromatic nitrogens is 1. The lowest BCUT2D eigenvalue weighted by molar-refractivity contribution is -0.852. The number of urea groups is 1. The number of quaternary nitrogens is 1. The molecule has 4 heterocycles. The molecule has 2 bridgehead atoms. The van der Waals surface area contributed by atoms with Crippen LogP contribution in [0.5, 0.6) is 0 Å². The van der Waals surface area contributed by atoms with Crippen LogP contribution in [-0.2, 0) is 11.0 Å². The summed E-state index contributed by atoms with van der Waals surface area (Å²) in [5.74, 6) is -1.23. The fourth-order valence-electron chi connectivity index (χ4n) is 4.79. The van der Waals surface area contributed by atoms with Gasteiger partial charge in [-0.2, -0.15) is 23.3 Å². The highest BCUT2D eigenvalue weighted by molar-refractivity contribution is 6.19. The Labute approximate surface area is 172 Å². The van der Waals surface area contributed by atoms with Gasteiger partial charge in [-0.25, -0.2) is 14.2 Å². The Kier molecular flexibility index (Phi) is 3.90. The molecule has 2 aromatic rings. The molecule has 3 aliphatic heterocycles. The summed E-state index contributed by atoms with van der Waals surface area (Å²) < 4.78 is 44.6. The number of benzene rings is 1. The molecular weight excluding hydrogens is 419 g/mol. The maximum absolute atomic E-state index is 13.5. The SMILES string of the molecule is N#Cc1ccc(N2C(=O)C3CN4CC(C(=O)c5ccno5)[N+]3(C4)C2=O)cc1C(F)(F)F. The number of alkyl halides is 3. The number of nitriles is 1. The minimum Gasteiger partial charge on any atom is -0.353 e. The van der Waals surface area contributed by atoms with E-state index in [4.69, 9.17) is 9.78 Å². The number of amides is 3. The molecule has 158 valence electrons. The number of fused-ring (bicyclic) bond motifs is 1. The molecule has 3 amide bonds. The second-order valence-corrected chi connectivity index (χ2v) is 7.68. The van der Waals surface area contributed by atoms with Crippen molar-refractivity contribution >= 4 is 23.4 Å². The monoisotopic (exact) mass is 432 g/mol. The summed E-state index contributed by atoms with van der Waals surface area (Å²) >= 11 is 0. The van der Waals surface area contributed by atoms with Crippen LogP contribution in [0, 0.1) is 11.3 Å². The van der Waals surface area contributed by atoms with E-state index < -0.39 is 51.6 Å². The van der Waals surface area contributed by atoms with Gasteiger partial charge in [0.1, 0.15) is 6.67 Å². The predicted octanol–water partition coefficient (Wildman–Crippen LogP) is 1.76. The molecular formula is C19H13F3N5O4+. The number of hydrogen-bond acceptors (Lipinski definition) is 7. The zero-order valence-electron chi connectivity index (χ0n) is 15.7. The Balaban J connectivity index is 1.58. The number of nitrogens with zero attached hydrogens (tertiary/aromatic N) is 5. The Morgan fingerprint density at radius 1 is 1.26 bits per heavy atom. The number of Topliss-reactive ketones (excluding diaryl/α,β-unsaturated/α-hetero) is 1. The van der Waals surface area contributed by atoms with E-state index in [9.17, 15) is 27.6 Å². The van der Waals surface area contributed by atoms with E-state index in [0.717, 1.165) is 12.1 Å². The van der Waals surface area contributed by atoms with E-state index in [1.165, 1.54) is 18.3 Å². The first kappa shape index (κ1) is 19.4. The van der Waals surface area contributed by atoms with Gasteiger partial charge in [0.05, 0.1) is 42.2 Å². The lowest BCUT2D eigenvalue weighted by Crippen LogP contribution is -2.62. The predicted molar refractivity (Wildman–Crippen MR) is 94.2 cm³/mol. The number of carbonyl (C=O) groups is 3. The first-order chi connectivity index (χ1) is 14.7. The Bertz CT molecular complexity index is 1170. The van der Waals surface area contributed by atoms with Crippen molar-refractivity contribution in [3.63, 3.8) is 0 Å². The van der Waals surface area contributed by atoms with Gasteiger partial charge in [-0.05, 0) is 18.2 Å². The van der Waals surface area contributed by atoms with Gasteiger partial charge in [0.15, 0.2) is 12.1 Å². The van der Waals surface area contributed by atoms with Crippen LogP contribution in [0.1, 0.15) is 21.7 Å². The maximum atomic E-state index is 13.5. The molecule has 3 fully saturated rings. The molecule has 0 N–H and O–H groups in total.